The summed E-state index contributed by atoms with van der Waals surface area (Å²) in [5.74, 6) is -0.670. The third kappa shape index (κ3) is 2.86. The first-order valence-electron chi connectivity index (χ1n) is 6.08. The molecule has 2 rings (SSSR count). The van der Waals surface area contributed by atoms with Crippen molar-refractivity contribution in [1.82, 2.24) is 9.78 Å². The number of aromatic nitrogens is 2. The van der Waals surface area contributed by atoms with Gasteiger partial charge in [0.25, 0.3) is 5.88 Å². The summed E-state index contributed by atoms with van der Waals surface area (Å²) in [6, 6.07) is 4.29. The van der Waals surface area contributed by atoms with E-state index in [-0.39, 0.29) is 28.6 Å². The average Bonchev–Trinajstić information content (AvgIpc) is 2.74. The molecule has 0 aliphatic rings. The monoisotopic (exact) mass is 325 g/mol. The second-order valence-corrected chi connectivity index (χ2v) is 4.79. The average molecular weight is 326 g/mol. The second-order valence-electron chi connectivity index (χ2n) is 4.35. The van der Waals surface area contributed by atoms with E-state index in [1.54, 1.807) is 0 Å². The van der Waals surface area contributed by atoms with Crippen LogP contribution in [0.15, 0.2) is 18.2 Å². The molecule has 2 aromatic rings. The number of halogens is 1. The Balaban J connectivity index is 2.53. The number of rotatable bonds is 4. The molecule has 0 aliphatic heterocycles. The Hall–Kier alpha value is -2.61. The molecule has 0 saturated carbocycles. The molecule has 0 unspecified atom stereocenters. The smallest absolute Gasteiger partial charge is 0.353 e. The number of ether oxygens (including phenoxy) is 2. The van der Waals surface area contributed by atoms with Crippen LogP contribution < -0.4 is 4.74 Å². The van der Waals surface area contributed by atoms with Gasteiger partial charge in [-0.2, -0.15) is 5.10 Å². The minimum atomic E-state index is -0.668. The van der Waals surface area contributed by atoms with Gasteiger partial charge in [-0.3, -0.25) is 10.1 Å². The molecule has 1 heterocycles. The van der Waals surface area contributed by atoms with Crippen molar-refractivity contribution in [3.63, 3.8) is 0 Å². The van der Waals surface area contributed by atoms with Gasteiger partial charge in [0.1, 0.15) is 17.0 Å². The Kier molecular flexibility index (Phi) is 4.32. The minimum Gasteiger partial charge on any atom is -0.465 e. The fourth-order valence-electron chi connectivity index (χ4n) is 1.92. The lowest BCUT2D eigenvalue weighted by Gasteiger charge is -2.09. The van der Waals surface area contributed by atoms with E-state index in [4.69, 9.17) is 16.3 Å². The first-order chi connectivity index (χ1) is 10.3. The number of nitrogens with zero attached hydrogens (tertiary/aromatic N) is 3. The first-order valence-corrected chi connectivity index (χ1v) is 6.46. The molecule has 0 spiro atoms. The van der Waals surface area contributed by atoms with E-state index < -0.39 is 10.9 Å². The highest BCUT2D eigenvalue weighted by Crippen LogP contribution is 2.35. The zero-order valence-corrected chi connectivity index (χ0v) is 12.7. The summed E-state index contributed by atoms with van der Waals surface area (Å²) in [5, 5.41) is 15.4. The van der Waals surface area contributed by atoms with Crippen LogP contribution in [0.2, 0.25) is 5.02 Å². The third-order valence-corrected chi connectivity index (χ3v) is 3.11. The van der Waals surface area contributed by atoms with Crippen molar-refractivity contribution >= 4 is 23.3 Å². The molecule has 1 aromatic heterocycles. The van der Waals surface area contributed by atoms with Crippen LogP contribution >= 0.6 is 11.6 Å². The highest BCUT2D eigenvalue weighted by molar-refractivity contribution is 6.31. The molecular weight excluding hydrogens is 314 g/mol. The van der Waals surface area contributed by atoms with Crippen molar-refractivity contribution in [2.24, 2.45) is 7.05 Å². The van der Waals surface area contributed by atoms with Gasteiger partial charge in [-0.25, -0.2) is 9.48 Å². The molecule has 22 heavy (non-hydrogen) atoms. The van der Waals surface area contributed by atoms with E-state index >= 15 is 0 Å². The van der Waals surface area contributed by atoms with Gasteiger partial charge in [-0.05, 0) is 25.1 Å². The van der Waals surface area contributed by atoms with Gasteiger partial charge in [0.2, 0.25) is 0 Å². The number of nitro groups is 1. The lowest BCUT2D eigenvalue weighted by Crippen LogP contribution is -2.05. The molecule has 0 saturated heterocycles. The third-order valence-electron chi connectivity index (χ3n) is 2.88. The molecule has 1 aromatic carbocycles. The minimum absolute atomic E-state index is 0.0585. The maximum absolute atomic E-state index is 11.8. The topological polar surface area (TPSA) is 96.5 Å². The second kappa shape index (κ2) is 6.02. The Bertz CT molecular complexity index is 756. The van der Waals surface area contributed by atoms with Crippen LogP contribution in [-0.4, -0.2) is 27.8 Å². The maximum Gasteiger partial charge on any atom is 0.353 e. The van der Waals surface area contributed by atoms with Crippen LogP contribution in [0.1, 0.15) is 16.1 Å². The van der Waals surface area contributed by atoms with E-state index in [0.29, 0.717) is 5.02 Å². The zero-order valence-electron chi connectivity index (χ0n) is 12.0. The highest BCUT2D eigenvalue weighted by atomic mass is 35.5. The van der Waals surface area contributed by atoms with Gasteiger partial charge in [0.15, 0.2) is 0 Å². The van der Waals surface area contributed by atoms with Crippen molar-refractivity contribution in [2.75, 3.05) is 7.11 Å². The van der Waals surface area contributed by atoms with E-state index in [0.717, 1.165) is 0 Å². The van der Waals surface area contributed by atoms with Gasteiger partial charge < -0.3 is 9.47 Å². The molecule has 9 heteroatoms. The molecule has 0 N–H and O–H groups in total. The summed E-state index contributed by atoms with van der Waals surface area (Å²) < 4.78 is 11.4. The number of esters is 1. The summed E-state index contributed by atoms with van der Waals surface area (Å²) in [6.45, 7) is 1.49. The van der Waals surface area contributed by atoms with Crippen LogP contribution in [0.3, 0.4) is 0 Å². The predicted molar refractivity (Wildman–Crippen MR) is 77.5 cm³/mol. The lowest BCUT2D eigenvalue weighted by molar-refractivity contribution is -0.386. The SMILES string of the molecule is COC(=O)c1cc(Cl)ccc1Oc1c([N+](=O)[O-])c(C)nn1C. The van der Waals surface area contributed by atoms with Crippen molar-refractivity contribution in [2.45, 2.75) is 6.92 Å². The number of carbonyl (C=O) groups excluding carboxylic acids is 1. The summed E-state index contributed by atoms with van der Waals surface area (Å²) in [4.78, 5) is 22.3. The molecule has 0 aliphatic carbocycles. The van der Waals surface area contributed by atoms with Gasteiger partial charge in [0, 0.05) is 12.1 Å². The lowest BCUT2D eigenvalue weighted by atomic mass is 10.2. The van der Waals surface area contributed by atoms with E-state index in [1.165, 1.54) is 44.0 Å². The number of aryl methyl sites for hydroxylation is 2. The van der Waals surface area contributed by atoms with Gasteiger partial charge >= 0.3 is 11.7 Å². The number of benzene rings is 1. The fraction of sp³-hybridized carbons (Fsp3) is 0.231. The Morgan fingerprint density at radius 2 is 2.14 bits per heavy atom. The Morgan fingerprint density at radius 3 is 2.73 bits per heavy atom. The van der Waals surface area contributed by atoms with Gasteiger partial charge in [-0.15, -0.1) is 0 Å². The van der Waals surface area contributed by atoms with Crippen molar-refractivity contribution in [3.05, 3.63) is 44.6 Å². The predicted octanol–water partition coefficient (Wildman–Crippen LogP) is 2.87. The fourth-order valence-corrected chi connectivity index (χ4v) is 2.09. The number of carbonyl (C=O) groups is 1. The maximum atomic E-state index is 11.8. The standard InChI is InChI=1S/C13H12ClN3O5/c1-7-11(17(19)20)12(16(2)15-7)22-10-5-4-8(14)6-9(10)13(18)21-3/h4-6H,1-3H3. The molecule has 0 amide bonds. The molecule has 8 nitrogen and oxygen atoms in total. The zero-order chi connectivity index (χ0) is 16.4. The Labute approximate surface area is 130 Å². The van der Waals surface area contributed by atoms with Crippen molar-refractivity contribution in [1.29, 1.82) is 0 Å². The van der Waals surface area contributed by atoms with Crippen LogP contribution in [0.25, 0.3) is 0 Å². The molecule has 116 valence electrons. The largest absolute Gasteiger partial charge is 0.465 e. The molecule has 0 bridgehead atoms. The molecule has 0 atom stereocenters. The molecule has 0 fully saturated rings. The molecular formula is C13H12ClN3O5. The van der Waals surface area contributed by atoms with Crippen LogP contribution in [-0.2, 0) is 11.8 Å². The van der Waals surface area contributed by atoms with E-state index in [2.05, 4.69) is 9.84 Å². The van der Waals surface area contributed by atoms with Crippen molar-refractivity contribution in [3.8, 4) is 11.6 Å². The van der Waals surface area contributed by atoms with Crippen molar-refractivity contribution < 1.29 is 19.2 Å². The van der Waals surface area contributed by atoms with Gasteiger partial charge in [-0.1, -0.05) is 11.6 Å². The normalized spacial score (nSPS) is 10.4. The summed E-state index contributed by atoms with van der Waals surface area (Å²) >= 11 is 5.85. The summed E-state index contributed by atoms with van der Waals surface area (Å²) in [5.41, 5.74) is -0.00695. The number of hydrogen-bond acceptors (Lipinski definition) is 6. The first kappa shape index (κ1) is 15.8. The van der Waals surface area contributed by atoms with E-state index in [9.17, 15) is 14.9 Å². The quantitative estimate of drug-likeness (QED) is 0.487. The molecule has 0 radical (unpaired) electrons. The van der Waals surface area contributed by atoms with E-state index in [1.807, 2.05) is 0 Å². The van der Waals surface area contributed by atoms with Crippen LogP contribution in [0.4, 0.5) is 5.69 Å². The summed E-state index contributed by atoms with van der Waals surface area (Å²) in [6.07, 6.45) is 0. The van der Waals surface area contributed by atoms with Crippen LogP contribution in [0.5, 0.6) is 11.6 Å². The Morgan fingerprint density at radius 1 is 1.45 bits per heavy atom. The summed E-state index contributed by atoms with van der Waals surface area (Å²) in [7, 11) is 2.72. The highest BCUT2D eigenvalue weighted by Gasteiger charge is 2.27. The number of methoxy groups -OCH3 is 1. The van der Waals surface area contributed by atoms with Crippen LogP contribution in [0, 0.1) is 17.0 Å². The number of hydrogen-bond donors (Lipinski definition) is 0. The van der Waals surface area contributed by atoms with Gasteiger partial charge in [0.05, 0.1) is 12.0 Å².